The molecule has 2 aromatic rings. The molecular formula is C18H20FN3O2. The summed E-state index contributed by atoms with van der Waals surface area (Å²) in [6.07, 6.45) is 5.00. The maximum absolute atomic E-state index is 13.5. The number of fused-ring (bicyclic) bond motifs is 1. The number of carbonyl (C=O) groups is 1. The third-order valence-corrected chi connectivity index (χ3v) is 4.27. The van der Waals surface area contributed by atoms with Crippen LogP contribution in [0.5, 0.6) is 0 Å². The van der Waals surface area contributed by atoms with E-state index in [0.29, 0.717) is 5.56 Å². The Morgan fingerprint density at radius 1 is 1.33 bits per heavy atom. The smallest absolute Gasteiger partial charge is 0.315 e. The van der Waals surface area contributed by atoms with Gasteiger partial charge in [-0.2, -0.15) is 0 Å². The molecule has 0 spiro atoms. The number of nitrogens with one attached hydrogen (secondary N) is 2. The van der Waals surface area contributed by atoms with E-state index in [1.54, 1.807) is 30.6 Å². The maximum Gasteiger partial charge on any atom is 0.315 e. The minimum atomic E-state index is -0.796. The number of rotatable bonds is 4. The number of hydrogen-bond donors (Lipinski definition) is 3. The number of benzene rings is 1. The summed E-state index contributed by atoms with van der Waals surface area (Å²) >= 11 is 0. The fourth-order valence-corrected chi connectivity index (χ4v) is 3.02. The standard InChI is InChI=1S/C18H20FN3O2/c19-14-5-4-12-2-1-3-16(15(12)10-14)22-18(24)21-11-17(23)13-6-8-20-9-7-13/h4-10,16-17,23H,1-3,11H2,(H2,21,22,24). The first-order chi connectivity index (χ1) is 11.6. The highest BCUT2D eigenvalue weighted by atomic mass is 19.1. The van der Waals surface area contributed by atoms with Crippen molar-refractivity contribution in [3.05, 3.63) is 65.2 Å². The van der Waals surface area contributed by atoms with Gasteiger partial charge in [0.15, 0.2) is 0 Å². The molecule has 0 fully saturated rings. The predicted molar refractivity (Wildman–Crippen MR) is 87.8 cm³/mol. The van der Waals surface area contributed by atoms with Crippen LogP contribution in [0.2, 0.25) is 0 Å². The fraction of sp³-hybridized carbons (Fsp3) is 0.333. The van der Waals surface area contributed by atoms with E-state index in [2.05, 4.69) is 15.6 Å². The van der Waals surface area contributed by atoms with E-state index in [-0.39, 0.29) is 24.4 Å². The number of aliphatic hydroxyl groups excluding tert-OH is 1. The molecule has 1 aliphatic rings. The fourth-order valence-electron chi connectivity index (χ4n) is 3.02. The highest BCUT2D eigenvalue weighted by Crippen LogP contribution is 2.30. The molecule has 3 rings (SSSR count). The Hall–Kier alpha value is -2.47. The quantitative estimate of drug-likeness (QED) is 0.807. The first-order valence-electron chi connectivity index (χ1n) is 8.04. The van der Waals surface area contributed by atoms with Crippen molar-refractivity contribution in [1.82, 2.24) is 15.6 Å². The van der Waals surface area contributed by atoms with Crippen LogP contribution in [0.1, 0.15) is 41.7 Å². The summed E-state index contributed by atoms with van der Waals surface area (Å²) in [5.41, 5.74) is 2.60. The van der Waals surface area contributed by atoms with Crippen molar-refractivity contribution in [3.63, 3.8) is 0 Å². The van der Waals surface area contributed by atoms with Gasteiger partial charge in [-0.05, 0) is 60.2 Å². The Labute approximate surface area is 139 Å². The number of aromatic nitrogens is 1. The maximum atomic E-state index is 13.5. The van der Waals surface area contributed by atoms with Gasteiger partial charge in [-0.1, -0.05) is 6.07 Å². The number of urea groups is 1. The Bertz CT molecular complexity index is 709. The van der Waals surface area contributed by atoms with Gasteiger partial charge in [-0.15, -0.1) is 0 Å². The minimum Gasteiger partial charge on any atom is -0.387 e. The van der Waals surface area contributed by atoms with Gasteiger partial charge in [-0.3, -0.25) is 4.98 Å². The molecular weight excluding hydrogens is 309 g/mol. The molecule has 2 amide bonds. The van der Waals surface area contributed by atoms with Crippen molar-refractivity contribution in [3.8, 4) is 0 Å². The van der Waals surface area contributed by atoms with Crippen LogP contribution < -0.4 is 10.6 Å². The average Bonchev–Trinajstić information content (AvgIpc) is 2.61. The summed E-state index contributed by atoms with van der Waals surface area (Å²) in [5, 5.41) is 15.6. The highest BCUT2D eigenvalue weighted by Gasteiger charge is 2.22. The first kappa shape index (κ1) is 16.4. The van der Waals surface area contributed by atoms with Crippen LogP contribution in [0.3, 0.4) is 0 Å². The van der Waals surface area contributed by atoms with Crippen molar-refractivity contribution in [2.24, 2.45) is 0 Å². The van der Waals surface area contributed by atoms with Gasteiger partial charge in [0.25, 0.3) is 0 Å². The van der Waals surface area contributed by atoms with Crippen molar-refractivity contribution < 1.29 is 14.3 Å². The summed E-state index contributed by atoms with van der Waals surface area (Å²) < 4.78 is 13.5. The second-order valence-corrected chi connectivity index (χ2v) is 5.94. The van der Waals surface area contributed by atoms with Crippen LogP contribution in [0.15, 0.2) is 42.7 Å². The second kappa shape index (κ2) is 7.40. The molecule has 0 saturated heterocycles. The number of carbonyl (C=O) groups excluding carboxylic acids is 1. The lowest BCUT2D eigenvalue weighted by atomic mass is 9.87. The van der Waals surface area contributed by atoms with E-state index in [4.69, 9.17) is 0 Å². The molecule has 3 N–H and O–H groups in total. The molecule has 0 saturated carbocycles. The average molecular weight is 329 g/mol. The number of aliphatic hydroxyl groups is 1. The number of aryl methyl sites for hydroxylation is 1. The normalized spacial score (nSPS) is 17.7. The van der Waals surface area contributed by atoms with Crippen molar-refractivity contribution >= 4 is 6.03 Å². The lowest BCUT2D eigenvalue weighted by Gasteiger charge is -2.26. The van der Waals surface area contributed by atoms with E-state index in [1.165, 1.54) is 12.1 Å². The van der Waals surface area contributed by atoms with Crippen molar-refractivity contribution in [1.29, 1.82) is 0 Å². The molecule has 2 unspecified atom stereocenters. The molecule has 0 radical (unpaired) electrons. The number of pyridine rings is 1. The van der Waals surface area contributed by atoms with Gasteiger partial charge in [0.2, 0.25) is 0 Å². The van der Waals surface area contributed by atoms with Crippen LogP contribution in [0.25, 0.3) is 0 Å². The number of nitrogens with zero attached hydrogens (tertiary/aromatic N) is 1. The summed E-state index contributed by atoms with van der Waals surface area (Å²) in [6, 6.07) is 7.54. The van der Waals surface area contributed by atoms with Gasteiger partial charge in [0, 0.05) is 18.9 Å². The van der Waals surface area contributed by atoms with E-state index in [1.807, 2.05) is 0 Å². The van der Waals surface area contributed by atoms with E-state index < -0.39 is 6.10 Å². The lowest BCUT2D eigenvalue weighted by Crippen LogP contribution is -2.40. The number of amides is 2. The Morgan fingerprint density at radius 3 is 2.92 bits per heavy atom. The highest BCUT2D eigenvalue weighted by molar-refractivity contribution is 5.74. The molecule has 0 bridgehead atoms. The molecule has 6 heteroatoms. The SMILES string of the molecule is O=C(NCC(O)c1ccncc1)NC1CCCc2ccc(F)cc21. The molecule has 2 atom stereocenters. The molecule has 1 aliphatic carbocycles. The third kappa shape index (κ3) is 3.89. The summed E-state index contributed by atoms with van der Waals surface area (Å²) in [5.74, 6) is -0.295. The monoisotopic (exact) mass is 329 g/mol. The van der Waals surface area contributed by atoms with Gasteiger partial charge < -0.3 is 15.7 Å². The van der Waals surface area contributed by atoms with Gasteiger partial charge in [0.05, 0.1) is 12.1 Å². The van der Waals surface area contributed by atoms with Gasteiger partial charge in [0.1, 0.15) is 5.82 Å². The van der Waals surface area contributed by atoms with E-state index in [0.717, 1.165) is 30.4 Å². The van der Waals surface area contributed by atoms with Gasteiger partial charge in [-0.25, -0.2) is 9.18 Å². The molecule has 126 valence electrons. The van der Waals surface area contributed by atoms with Crippen LogP contribution >= 0.6 is 0 Å². The Kier molecular flexibility index (Phi) is 5.05. The molecule has 5 nitrogen and oxygen atoms in total. The van der Waals surface area contributed by atoms with Crippen LogP contribution in [-0.2, 0) is 6.42 Å². The number of hydrogen-bond acceptors (Lipinski definition) is 3. The summed E-state index contributed by atoms with van der Waals surface area (Å²) in [6.45, 7) is 0.0958. The third-order valence-electron chi connectivity index (χ3n) is 4.27. The first-order valence-corrected chi connectivity index (χ1v) is 8.04. The van der Waals surface area contributed by atoms with Crippen LogP contribution in [0, 0.1) is 5.82 Å². The zero-order valence-electron chi connectivity index (χ0n) is 13.2. The molecule has 1 heterocycles. The topological polar surface area (TPSA) is 74.2 Å². The molecule has 1 aromatic heterocycles. The Balaban J connectivity index is 1.57. The molecule has 24 heavy (non-hydrogen) atoms. The van der Waals surface area contributed by atoms with E-state index in [9.17, 15) is 14.3 Å². The lowest BCUT2D eigenvalue weighted by molar-refractivity contribution is 0.172. The summed E-state index contributed by atoms with van der Waals surface area (Å²) in [4.78, 5) is 16.0. The van der Waals surface area contributed by atoms with Crippen molar-refractivity contribution in [2.45, 2.75) is 31.4 Å². The van der Waals surface area contributed by atoms with Crippen LogP contribution in [0.4, 0.5) is 9.18 Å². The van der Waals surface area contributed by atoms with Crippen LogP contribution in [-0.4, -0.2) is 22.7 Å². The van der Waals surface area contributed by atoms with E-state index >= 15 is 0 Å². The minimum absolute atomic E-state index is 0.0958. The molecule has 0 aliphatic heterocycles. The Morgan fingerprint density at radius 2 is 2.12 bits per heavy atom. The molecule has 1 aromatic carbocycles. The van der Waals surface area contributed by atoms with Gasteiger partial charge >= 0.3 is 6.03 Å². The second-order valence-electron chi connectivity index (χ2n) is 5.94. The zero-order valence-corrected chi connectivity index (χ0v) is 13.2. The predicted octanol–water partition coefficient (Wildman–Crippen LogP) is 2.63. The zero-order chi connectivity index (χ0) is 16.9. The number of halogens is 1. The summed E-state index contributed by atoms with van der Waals surface area (Å²) in [7, 11) is 0. The van der Waals surface area contributed by atoms with Crippen molar-refractivity contribution in [2.75, 3.05) is 6.54 Å². The largest absolute Gasteiger partial charge is 0.387 e.